The molecule has 4 nitrogen and oxygen atoms in total. The van der Waals surface area contributed by atoms with Crippen LogP contribution in [-0.2, 0) is 16.1 Å². The Kier molecular flexibility index (Phi) is 5.86. The van der Waals surface area contributed by atoms with Crippen LogP contribution in [0.2, 0.25) is 0 Å². The van der Waals surface area contributed by atoms with Crippen molar-refractivity contribution in [2.45, 2.75) is 19.9 Å². The van der Waals surface area contributed by atoms with Crippen LogP contribution in [0.25, 0.3) is 0 Å². The summed E-state index contributed by atoms with van der Waals surface area (Å²) in [4.78, 5) is 14.7. The summed E-state index contributed by atoms with van der Waals surface area (Å²) in [5.41, 5.74) is 3.96. The van der Waals surface area contributed by atoms with Gasteiger partial charge in [0.2, 0.25) is 0 Å². The number of ether oxygens (including phenoxy) is 1. The van der Waals surface area contributed by atoms with E-state index in [-0.39, 0.29) is 5.97 Å². The first-order valence-electron chi connectivity index (χ1n) is 8.73. The van der Waals surface area contributed by atoms with Crippen LogP contribution in [0, 0.1) is 0 Å². The van der Waals surface area contributed by atoms with Crippen molar-refractivity contribution in [2.24, 2.45) is 0 Å². The van der Waals surface area contributed by atoms with E-state index < -0.39 is 0 Å². The number of rotatable bonds is 6. The summed E-state index contributed by atoms with van der Waals surface area (Å²) in [7, 11) is 0. The maximum Gasteiger partial charge on any atom is 0.335 e. The largest absolute Gasteiger partial charge is 0.463 e. The Morgan fingerprint density at radius 2 is 1.76 bits per heavy atom. The number of nitrogens with one attached hydrogen (secondary N) is 1. The highest BCUT2D eigenvalue weighted by molar-refractivity contribution is 5.90. The maximum atomic E-state index is 12.3. The summed E-state index contributed by atoms with van der Waals surface area (Å²) >= 11 is 0. The Bertz CT molecular complexity index is 726. The lowest BCUT2D eigenvalue weighted by molar-refractivity contribution is -0.138. The minimum Gasteiger partial charge on any atom is -0.463 e. The molecule has 0 aromatic heterocycles. The molecule has 1 aliphatic heterocycles. The van der Waals surface area contributed by atoms with E-state index >= 15 is 0 Å². The predicted octanol–water partition coefficient (Wildman–Crippen LogP) is 3.82. The topological polar surface area (TPSA) is 41.6 Å². The molecule has 25 heavy (non-hydrogen) atoms. The number of esters is 1. The lowest BCUT2D eigenvalue weighted by Crippen LogP contribution is -2.35. The zero-order chi connectivity index (χ0) is 17.5. The minimum atomic E-state index is -0.208. The second-order valence-corrected chi connectivity index (χ2v) is 6.11. The highest BCUT2D eigenvalue weighted by Gasteiger charge is 2.24. The van der Waals surface area contributed by atoms with Gasteiger partial charge in [0.05, 0.1) is 12.2 Å². The lowest BCUT2D eigenvalue weighted by Gasteiger charge is -2.30. The van der Waals surface area contributed by atoms with E-state index in [0.29, 0.717) is 19.6 Å². The van der Waals surface area contributed by atoms with Crippen LogP contribution in [0.1, 0.15) is 18.9 Å². The van der Waals surface area contributed by atoms with Crippen LogP contribution >= 0.6 is 0 Å². The van der Waals surface area contributed by atoms with Gasteiger partial charge in [-0.1, -0.05) is 48.5 Å². The molecule has 0 unspecified atom stereocenters. The third kappa shape index (κ3) is 4.70. The molecule has 0 fully saturated rings. The van der Waals surface area contributed by atoms with Gasteiger partial charge in [-0.15, -0.1) is 0 Å². The average molecular weight is 336 g/mol. The summed E-state index contributed by atoms with van der Waals surface area (Å²) in [6, 6.07) is 20.4. The molecule has 1 heterocycles. The SMILES string of the molecule is CCOC(=O)C1=C(Nc2ccccc2)CN(Cc2ccccc2)CC1. The number of benzene rings is 2. The number of para-hydroxylation sites is 1. The fourth-order valence-electron chi connectivity index (χ4n) is 3.05. The third-order valence-corrected chi connectivity index (χ3v) is 4.26. The molecule has 0 spiro atoms. The Morgan fingerprint density at radius 1 is 1.08 bits per heavy atom. The molecular formula is C21H24N2O2. The van der Waals surface area contributed by atoms with E-state index in [1.54, 1.807) is 0 Å². The normalized spacial score (nSPS) is 15.1. The smallest absolute Gasteiger partial charge is 0.335 e. The number of anilines is 1. The predicted molar refractivity (Wildman–Crippen MR) is 100 cm³/mol. The van der Waals surface area contributed by atoms with Crippen molar-refractivity contribution in [1.82, 2.24) is 4.90 Å². The fraction of sp³-hybridized carbons (Fsp3) is 0.286. The summed E-state index contributed by atoms with van der Waals surface area (Å²) in [6.45, 7) is 4.67. The number of hydrogen-bond donors (Lipinski definition) is 1. The van der Waals surface area contributed by atoms with Gasteiger partial charge in [0.15, 0.2) is 0 Å². The highest BCUT2D eigenvalue weighted by Crippen LogP contribution is 2.23. The monoisotopic (exact) mass is 336 g/mol. The van der Waals surface area contributed by atoms with Gasteiger partial charge in [-0.05, 0) is 31.0 Å². The van der Waals surface area contributed by atoms with Gasteiger partial charge in [-0.3, -0.25) is 4.90 Å². The van der Waals surface area contributed by atoms with Crippen LogP contribution in [0.15, 0.2) is 71.9 Å². The van der Waals surface area contributed by atoms with E-state index in [9.17, 15) is 4.79 Å². The second-order valence-electron chi connectivity index (χ2n) is 6.11. The molecule has 0 saturated carbocycles. The molecule has 0 bridgehead atoms. The molecule has 1 N–H and O–H groups in total. The quantitative estimate of drug-likeness (QED) is 0.814. The average Bonchev–Trinajstić information content (AvgIpc) is 2.64. The van der Waals surface area contributed by atoms with Crippen LogP contribution in [-0.4, -0.2) is 30.6 Å². The molecule has 2 aromatic rings. The molecule has 1 aliphatic rings. The van der Waals surface area contributed by atoms with E-state index in [4.69, 9.17) is 4.74 Å². The molecule has 0 amide bonds. The maximum absolute atomic E-state index is 12.3. The summed E-state index contributed by atoms with van der Waals surface area (Å²) in [5.74, 6) is -0.208. The van der Waals surface area contributed by atoms with Crippen LogP contribution in [0.3, 0.4) is 0 Å². The molecule has 3 rings (SSSR count). The molecule has 0 radical (unpaired) electrons. The Balaban J connectivity index is 1.78. The van der Waals surface area contributed by atoms with Gasteiger partial charge in [0.1, 0.15) is 0 Å². The van der Waals surface area contributed by atoms with Gasteiger partial charge in [-0.2, -0.15) is 0 Å². The molecule has 0 saturated heterocycles. The van der Waals surface area contributed by atoms with Crippen molar-refractivity contribution in [3.05, 3.63) is 77.5 Å². The Hall–Kier alpha value is -2.59. The van der Waals surface area contributed by atoms with Crippen LogP contribution in [0.5, 0.6) is 0 Å². The van der Waals surface area contributed by atoms with E-state index in [2.05, 4.69) is 34.5 Å². The van der Waals surface area contributed by atoms with E-state index in [1.807, 2.05) is 43.3 Å². The van der Waals surface area contributed by atoms with Gasteiger partial charge < -0.3 is 10.1 Å². The van der Waals surface area contributed by atoms with Crippen molar-refractivity contribution >= 4 is 11.7 Å². The lowest BCUT2D eigenvalue weighted by atomic mass is 10.0. The van der Waals surface area contributed by atoms with Crippen molar-refractivity contribution in [3.8, 4) is 0 Å². The molecule has 4 heteroatoms. The van der Waals surface area contributed by atoms with Gasteiger partial charge in [-0.25, -0.2) is 4.79 Å². The third-order valence-electron chi connectivity index (χ3n) is 4.26. The summed E-state index contributed by atoms with van der Waals surface area (Å²) < 4.78 is 5.25. The molecule has 2 aromatic carbocycles. The number of carbonyl (C=O) groups is 1. The van der Waals surface area contributed by atoms with E-state index in [1.165, 1.54) is 5.56 Å². The Labute approximate surface area is 149 Å². The highest BCUT2D eigenvalue weighted by atomic mass is 16.5. The first kappa shape index (κ1) is 17.2. The molecular weight excluding hydrogens is 312 g/mol. The molecule has 130 valence electrons. The zero-order valence-corrected chi connectivity index (χ0v) is 14.6. The van der Waals surface area contributed by atoms with Gasteiger partial charge in [0.25, 0.3) is 0 Å². The van der Waals surface area contributed by atoms with E-state index in [0.717, 1.165) is 30.0 Å². The summed E-state index contributed by atoms with van der Waals surface area (Å²) in [5, 5.41) is 3.42. The molecule has 0 atom stereocenters. The van der Waals surface area contributed by atoms with Crippen LogP contribution in [0.4, 0.5) is 5.69 Å². The van der Waals surface area contributed by atoms with Crippen LogP contribution < -0.4 is 5.32 Å². The first-order chi connectivity index (χ1) is 12.3. The number of carbonyl (C=O) groups excluding carboxylic acids is 1. The number of nitrogens with zero attached hydrogens (tertiary/aromatic N) is 1. The molecule has 0 aliphatic carbocycles. The van der Waals surface area contributed by atoms with Gasteiger partial charge in [0, 0.05) is 31.0 Å². The van der Waals surface area contributed by atoms with Crippen molar-refractivity contribution in [2.75, 3.05) is 25.0 Å². The summed E-state index contributed by atoms with van der Waals surface area (Å²) in [6.07, 6.45) is 0.695. The zero-order valence-electron chi connectivity index (χ0n) is 14.6. The minimum absolute atomic E-state index is 0.208. The van der Waals surface area contributed by atoms with Gasteiger partial charge >= 0.3 is 5.97 Å². The van der Waals surface area contributed by atoms with Crippen molar-refractivity contribution in [1.29, 1.82) is 0 Å². The first-order valence-corrected chi connectivity index (χ1v) is 8.73. The standard InChI is InChI=1S/C21H24N2O2/c1-2-25-21(24)19-13-14-23(15-17-9-5-3-6-10-17)16-20(19)22-18-11-7-4-8-12-18/h3-12,22H,2,13-16H2,1H3. The van der Waals surface area contributed by atoms with Crippen molar-refractivity contribution < 1.29 is 9.53 Å². The second kappa shape index (κ2) is 8.49. The van der Waals surface area contributed by atoms with Crippen molar-refractivity contribution in [3.63, 3.8) is 0 Å². The Morgan fingerprint density at radius 3 is 2.44 bits per heavy atom. The number of hydrogen-bond acceptors (Lipinski definition) is 4. The fourth-order valence-corrected chi connectivity index (χ4v) is 3.05.